The van der Waals surface area contributed by atoms with Crippen LogP contribution >= 0.6 is 0 Å². The van der Waals surface area contributed by atoms with Gasteiger partial charge in [-0.25, -0.2) is 0 Å². The minimum Gasteiger partial charge on any atom is -0.508 e. The van der Waals surface area contributed by atoms with Crippen molar-refractivity contribution in [2.45, 2.75) is 19.4 Å². The van der Waals surface area contributed by atoms with Crippen molar-refractivity contribution in [3.05, 3.63) is 53.6 Å². The van der Waals surface area contributed by atoms with Gasteiger partial charge < -0.3 is 14.6 Å². The first-order valence-corrected chi connectivity index (χ1v) is 6.80. The largest absolute Gasteiger partial charge is 0.508 e. The van der Waals surface area contributed by atoms with E-state index in [2.05, 4.69) is 6.92 Å². The lowest BCUT2D eigenvalue weighted by atomic mass is 9.88. The number of rotatable bonds is 2. The van der Waals surface area contributed by atoms with Gasteiger partial charge in [0.2, 0.25) is 0 Å². The zero-order chi connectivity index (χ0) is 14.1. The molecule has 1 aliphatic rings. The Kier molecular flexibility index (Phi) is 3.26. The summed E-state index contributed by atoms with van der Waals surface area (Å²) < 4.78 is 11.3. The van der Waals surface area contributed by atoms with Crippen LogP contribution in [0.15, 0.2) is 42.5 Å². The van der Waals surface area contributed by atoms with Gasteiger partial charge in [0.25, 0.3) is 0 Å². The highest BCUT2D eigenvalue weighted by Crippen LogP contribution is 2.39. The molecule has 0 amide bonds. The van der Waals surface area contributed by atoms with Gasteiger partial charge in [0.15, 0.2) is 0 Å². The molecule has 2 aromatic rings. The molecule has 2 aromatic carbocycles. The van der Waals surface area contributed by atoms with Crippen LogP contribution in [0, 0.1) is 5.92 Å². The molecule has 0 aromatic heterocycles. The number of fused-ring (bicyclic) bond motifs is 1. The first-order valence-electron chi connectivity index (χ1n) is 6.80. The van der Waals surface area contributed by atoms with E-state index in [0.717, 1.165) is 29.0 Å². The van der Waals surface area contributed by atoms with Crippen LogP contribution in [0.4, 0.5) is 0 Å². The Morgan fingerprint density at radius 1 is 1.15 bits per heavy atom. The number of aromatic hydroxyl groups is 1. The quantitative estimate of drug-likeness (QED) is 0.904. The van der Waals surface area contributed by atoms with Gasteiger partial charge in [0.05, 0.1) is 7.11 Å². The summed E-state index contributed by atoms with van der Waals surface area (Å²) in [5, 5.41) is 9.55. The van der Waals surface area contributed by atoms with Crippen molar-refractivity contribution < 1.29 is 14.6 Å². The van der Waals surface area contributed by atoms with Crippen molar-refractivity contribution in [2.24, 2.45) is 5.92 Å². The third-order valence-electron chi connectivity index (χ3n) is 3.80. The molecule has 0 spiro atoms. The molecule has 0 fully saturated rings. The molecule has 0 radical (unpaired) electrons. The molecule has 3 nitrogen and oxygen atoms in total. The first-order chi connectivity index (χ1) is 9.67. The number of phenolic OH excluding ortho intramolecular Hbond substituents is 1. The van der Waals surface area contributed by atoms with Crippen LogP contribution in [-0.2, 0) is 6.42 Å². The van der Waals surface area contributed by atoms with E-state index in [9.17, 15) is 5.11 Å². The van der Waals surface area contributed by atoms with E-state index in [1.807, 2.05) is 30.3 Å². The molecular formula is C17H18O3. The predicted molar refractivity (Wildman–Crippen MR) is 77.3 cm³/mol. The summed E-state index contributed by atoms with van der Waals surface area (Å²) in [6, 6.07) is 13.3. The molecule has 1 heterocycles. The monoisotopic (exact) mass is 270 g/mol. The summed E-state index contributed by atoms with van der Waals surface area (Å²) in [4.78, 5) is 0. The second-order valence-corrected chi connectivity index (χ2v) is 5.29. The summed E-state index contributed by atoms with van der Waals surface area (Å²) in [6.45, 7) is 2.17. The highest BCUT2D eigenvalue weighted by Gasteiger charge is 2.28. The molecule has 0 saturated carbocycles. The topological polar surface area (TPSA) is 38.7 Å². The van der Waals surface area contributed by atoms with E-state index in [4.69, 9.17) is 9.47 Å². The molecule has 3 heteroatoms. The van der Waals surface area contributed by atoms with Gasteiger partial charge in [-0.05, 0) is 47.9 Å². The number of hydrogen-bond acceptors (Lipinski definition) is 3. The molecule has 1 aliphatic heterocycles. The molecule has 2 atom stereocenters. The third-order valence-corrected chi connectivity index (χ3v) is 3.80. The van der Waals surface area contributed by atoms with Crippen molar-refractivity contribution >= 4 is 0 Å². The number of methoxy groups -OCH3 is 1. The third kappa shape index (κ3) is 2.31. The number of benzene rings is 2. The number of hydrogen-bond donors (Lipinski definition) is 1. The van der Waals surface area contributed by atoms with E-state index >= 15 is 0 Å². The Bertz CT molecular complexity index is 604. The minimum atomic E-state index is 0.0398. The van der Waals surface area contributed by atoms with Crippen molar-refractivity contribution in [3.8, 4) is 17.2 Å². The fourth-order valence-corrected chi connectivity index (χ4v) is 2.74. The van der Waals surface area contributed by atoms with Gasteiger partial charge in [-0.3, -0.25) is 0 Å². The zero-order valence-electron chi connectivity index (χ0n) is 11.7. The Labute approximate surface area is 118 Å². The van der Waals surface area contributed by atoms with Crippen LogP contribution in [-0.4, -0.2) is 12.2 Å². The highest BCUT2D eigenvalue weighted by atomic mass is 16.5. The molecule has 0 bridgehead atoms. The summed E-state index contributed by atoms with van der Waals surface area (Å²) in [5.74, 6) is 2.37. The number of phenols is 1. The molecule has 0 aliphatic carbocycles. The van der Waals surface area contributed by atoms with Crippen LogP contribution in [0.5, 0.6) is 17.2 Å². The van der Waals surface area contributed by atoms with E-state index in [1.165, 1.54) is 0 Å². The molecular weight excluding hydrogens is 252 g/mol. The average Bonchev–Trinajstić information content (AvgIpc) is 2.46. The van der Waals surface area contributed by atoms with Crippen LogP contribution in [0.1, 0.15) is 24.2 Å². The van der Waals surface area contributed by atoms with Gasteiger partial charge in [0.1, 0.15) is 23.4 Å². The lowest BCUT2D eigenvalue weighted by Crippen LogP contribution is -2.23. The Balaban J connectivity index is 1.89. The minimum absolute atomic E-state index is 0.0398. The maximum absolute atomic E-state index is 9.55. The van der Waals surface area contributed by atoms with Crippen LogP contribution in [0.3, 0.4) is 0 Å². The van der Waals surface area contributed by atoms with Crippen molar-refractivity contribution in [1.29, 1.82) is 0 Å². The Morgan fingerprint density at radius 2 is 1.90 bits per heavy atom. The molecule has 3 rings (SSSR count). The van der Waals surface area contributed by atoms with Crippen molar-refractivity contribution in [1.82, 2.24) is 0 Å². The first kappa shape index (κ1) is 12.9. The Morgan fingerprint density at radius 3 is 2.60 bits per heavy atom. The lowest BCUT2D eigenvalue weighted by Gasteiger charge is -2.32. The van der Waals surface area contributed by atoms with E-state index in [-0.39, 0.29) is 6.10 Å². The van der Waals surface area contributed by atoms with Gasteiger partial charge in [0, 0.05) is 5.92 Å². The molecule has 20 heavy (non-hydrogen) atoms. The normalized spacial score (nSPS) is 20.9. The average molecular weight is 270 g/mol. The van der Waals surface area contributed by atoms with Gasteiger partial charge in [-0.15, -0.1) is 0 Å². The lowest BCUT2D eigenvalue weighted by molar-refractivity contribution is 0.123. The molecule has 104 valence electrons. The van der Waals surface area contributed by atoms with E-state index < -0.39 is 0 Å². The highest BCUT2D eigenvalue weighted by molar-refractivity contribution is 5.42. The second kappa shape index (κ2) is 5.08. The molecule has 0 saturated heterocycles. The standard InChI is InChI=1S/C17H18O3/c1-11-9-13-10-14(18)5-8-16(13)20-17(11)12-3-6-15(19-2)7-4-12/h3-8,10-11,17-18H,9H2,1-2H3. The smallest absolute Gasteiger partial charge is 0.127 e. The Hall–Kier alpha value is -2.16. The zero-order valence-corrected chi connectivity index (χ0v) is 11.7. The summed E-state index contributed by atoms with van der Waals surface area (Å²) >= 11 is 0. The summed E-state index contributed by atoms with van der Waals surface area (Å²) in [5.41, 5.74) is 2.22. The van der Waals surface area contributed by atoms with Crippen molar-refractivity contribution in [2.75, 3.05) is 7.11 Å². The van der Waals surface area contributed by atoms with Crippen LogP contribution in [0.2, 0.25) is 0 Å². The fourth-order valence-electron chi connectivity index (χ4n) is 2.74. The SMILES string of the molecule is COc1ccc(C2Oc3ccc(O)cc3CC2C)cc1. The van der Waals surface area contributed by atoms with Crippen molar-refractivity contribution in [3.63, 3.8) is 0 Å². The maximum Gasteiger partial charge on any atom is 0.127 e. The van der Waals surface area contributed by atoms with Crippen LogP contribution < -0.4 is 9.47 Å². The fraction of sp³-hybridized carbons (Fsp3) is 0.294. The van der Waals surface area contributed by atoms with Gasteiger partial charge in [-0.2, -0.15) is 0 Å². The van der Waals surface area contributed by atoms with Crippen LogP contribution in [0.25, 0.3) is 0 Å². The number of ether oxygens (including phenoxy) is 2. The van der Waals surface area contributed by atoms with Gasteiger partial charge in [-0.1, -0.05) is 19.1 Å². The second-order valence-electron chi connectivity index (χ2n) is 5.29. The maximum atomic E-state index is 9.55. The molecule has 2 unspecified atom stereocenters. The van der Waals surface area contributed by atoms with E-state index in [0.29, 0.717) is 11.7 Å². The predicted octanol–water partition coefficient (Wildman–Crippen LogP) is 3.71. The van der Waals surface area contributed by atoms with E-state index in [1.54, 1.807) is 19.2 Å². The summed E-state index contributed by atoms with van der Waals surface area (Å²) in [7, 11) is 1.66. The molecule has 1 N–H and O–H groups in total. The van der Waals surface area contributed by atoms with Gasteiger partial charge >= 0.3 is 0 Å². The summed E-state index contributed by atoms with van der Waals surface area (Å²) in [6.07, 6.45) is 0.943.